The molecule has 2 saturated carbocycles. The predicted molar refractivity (Wildman–Crippen MR) is 81.6 cm³/mol. The standard InChI is InChI=1S/C17H31NO2/c1-3-14-9-5-6-10-15(14)20-16(19)13-17(18-2)11-7-4-8-12-17/h14-15,18H,3-13H2,1-2H3. The minimum Gasteiger partial charge on any atom is -0.462 e. The van der Waals surface area contributed by atoms with Crippen molar-refractivity contribution >= 4 is 5.97 Å². The zero-order valence-corrected chi connectivity index (χ0v) is 13.2. The van der Waals surface area contributed by atoms with Crippen LogP contribution in [0.3, 0.4) is 0 Å². The highest BCUT2D eigenvalue weighted by molar-refractivity contribution is 5.71. The molecule has 0 aromatic rings. The molecular weight excluding hydrogens is 250 g/mol. The van der Waals surface area contributed by atoms with Crippen LogP contribution in [-0.2, 0) is 9.53 Å². The summed E-state index contributed by atoms with van der Waals surface area (Å²) < 4.78 is 5.85. The third kappa shape index (κ3) is 3.97. The smallest absolute Gasteiger partial charge is 0.307 e. The van der Waals surface area contributed by atoms with Gasteiger partial charge < -0.3 is 10.1 Å². The number of ether oxygens (including phenoxy) is 1. The van der Waals surface area contributed by atoms with Crippen LogP contribution in [0, 0.1) is 5.92 Å². The van der Waals surface area contributed by atoms with E-state index in [1.807, 2.05) is 7.05 Å². The van der Waals surface area contributed by atoms with Gasteiger partial charge in [-0.1, -0.05) is 32.6 Å². The van der Waals surface area contributed by atoms with Crippen LogP contribution >= 0.6 is 0 Å². The van der Waals surface area contributed by atoms with Gasteiger partial charge in [0.15, 0.2) is 0 Å². The number of rotatable bonds is 5. The number of carbonyl (C=O) groups is 1. The van der Waals surface area contributed by atoms with Gasteiger partial charge in [-0.2, -0.15) is 0 Å². The van der Waals surface area contributed by atoms with Crippen molar-refractivity contribution in [3.63, 3.8) is 0 Å². The molecule has 1 N–H and O–H groups in total. The van der Waals surface area contributed by atoms with Crippen molar-refractivity contribution in [1.82, 2.24) is 5.32 Å². The van der Waals surface area contributed by atoms with Crippen LogP contribution in [0.2, 0.25) is 0 Å². The van der Waals surface area contributed by atoms with Gasteiger partial charge >= 0.3 is 5.97 Å². The molecule has 0 aliphatic heterocycles. The quantitative estimate of drug-likeness (QED) is 0.779. The van der Waals surface area contributed by atoms with E-state index in [1.54, 1.807) is 0 Å². The van der Waals surface area contributed by atoms with Crippen LogP contribution in [-0.4, -0.2) is 24.7 Å². The van der Waals surface area contributed by atoms with Crippen LogP contribution in [0.5, 0.6) is 0 Å². The summed E-state index contributed by atoms with van der Waals surface area (Å²) >= 11 is 0. The highest BCUT2D eigenvalue weighted by Crippen LogP contribution is 2.33. The molecule has 0 radical (unpaired) electrons. The Morgan fingerprint density at radius 1 is 1.15 bits per heavy atom. The Bertz CT molecular complexity index is 310. The van der Waals surface area contributed by atoms with E-state index in [0.29, 0.717) is 12.3 Å². The Morgan fingerprint density at radius 2 is 1.85 bits per heavy atom. The maximum absolute atomic E-state index is 12.3. The maximum Gasteiger partial charge on any atom is 0.307 e. The Balaban J connectivity index is 1.87. The van der Waals surface area contributed by atoms with Crippen molar-refractivity contribution < 1.29 is 9.53 Å². The number of carbonyl (C=O) groups excluding carboxylic acids is 1. The van der Waals surface area contributed by atoms with Crippen LogP contribution in [0.15, 0.2) is 0 Å². The molecule has 3 nitrogen and oxygen atoms in total. The molecule has 0 amide bonds. The highest BCUT2D eigenvalue weighted by Gasteiger charge is 2.35. The van der Waals surface area contributed by atoms with Crippen molar-refractivity contribution in [2.45, 2.75) is 89.2 Å². The summed E-state index contributed by atoms with van der Waals surface area (Å²) in [6, 6.07) is 0. The largest absolute Gasteiger partial charge is 0.462 e. The van der Waals surface area contributed by atoms with Crippen LogP contribution in [0.4, 0.5) is 0 Å². The first kappa shape index (κ1) is 15.8. The molecule has 116 valence electrons. The van der Waals surface area contributed by atoms with Gasteiger partial charge in [-0.3, -0.25) is 4.79 Å². The van der Waals surface area contributed by atoms with Crippen LogP contribution in [0.1, 0.15) is 77.6 Å². The third-order valence-electron chi connectivity index (χ3n) is 5.47. The SMILES string of the molecule is CCC1CCCCC1OC(=O)CC1(NC)CCCCC1. The van der Waals surface area contributed by atoms with E-state index in [2.05, 4.69) is 12.2 Å². The van der Waals surface area contributed by atoms with Crippen LogP contribution < -0.4 is 5.32 Å². The molecule has 2 aliphatic carbocycles. The minimum atomic E-state index is 0.00567. The van der Waals surface area contributed by atoms with Gasteiger partial charge in [0.1, 0.15) is 6.10 Å². The Kier molecular flexibility index (Phi) is 5.88. The lowest BCUT2D eigenvalue weighted by molar-refractivity contribution is -0.155. The average molecular weight is 281 g/mol. The molecule has 2 atom stereocenters. The first-order valence-electron chi connectivity index (χ1n) is 8.57. The first-order chi connectivity index (χ1) is 9.69. The lowest BCUT2D eigenvalue weighted by Crippen LogP contribution is -2.47. The van der Waals surface area contributed by atoms with E-state index in [4.69, 9.17) is 4.74 Å². The summed E-state index contributed by atoms with van der Waals surface area (Å²) in [5.41, 5.74) is 0.00567. The second kappa shape index (κ2) is 7.44. The van der Waals surface area contributed by atoms with Gasteiger partial charge in [-0.15, -0.1) is 0 Å². The second-order valence-electron chi connectivity index (χ2n) is 6.75. The molecule has 0 spiro atoms. The zero-order valence-electron chi connectivity index (χ0n) is 13.2. The summed E-state index contributed by atoms with van der Waals surface area (Å²) in [7, 11) is 1.99. The van der Waals surface area contributed by atoms with Gasteiger partial charge in [0.2, 0.25) is 0 Å². The molecule has 0 saturated heterocycles. The Hall–Kier alpha value is -0.570. The lowest BCUT2D eigenvalue weighted by Gasteiger charge is -2.37. The zero-order chi connectivity index (χ0) is 14.4. The average Bonchev–Trinajstić information content (AvgIpc) is 2.48. The summed E-state index contributed by atoms with van der Waals surface area (Å²) in [5, 5.41) is 3.41. The van der Waals surface area contributed by atoms with Gasteiger partial charge in [0.05, 0.1) is 6.42 Å². The maximum atomic E-state index is 12.3. The van der Waals surface area contributed by atoms with Gasteiger partial charge in [0.25, 0.3) is 0 Å². The fourth-order valence-corrected chi connectivity index (χ4v) is 4.03. The van der Waals surface area contributed by atoms with Crippen molar-refractivity contribution in [2.75, 3.05) is 7.05 Å². The molecule has 2 unspecified atom stereocenters. The summed E-state index contributed by atoms with van der Waals surface area (Å²) in [6.45, 7) is 2.22. The third-order valence-corrected chi connectivity index (χ3v) is 5.47. The molecule has 2 aliphatic rings. The highest BCUT2D eigenvalue weighted by atomic mass is 16.5. The van der Waals surface area contributed by atoms with E-state index in [1.165, 1.54) is 38.5 Å². The van der Waals surface area contributed by atoms with E-state index in [0.717, 1.165) is 25.7 Å². The van der Waals surface area contributed by atoms with Crippen molar-refractivity contribution in [1.29, 1.82) is 0 Å². The fraction of sp³-hybridized carbons (Fsp3) is 0.941. The molecule has 2 rings (SSSR count). The van der Waals surface area contributed by atoms with Gasteiger partial charge in [-0.05, 0) is 51.5 Å². The van der Waals surface area contributed by atoms with E-state index >= 15 is 0 Å². The summed E-state index contributed by atoms with van der Waals surface area (Å²) in [5.74, 6) is 0.608. The molecule has 2 fully saturated rings. The molecule has 0 aromatic carbocycles. The lowest BCUT2D eigenvalue weighted by atomic mass is 9.79. The van der Waals surface area contributed by atoms with Crippen LogP contribution in [0.25, 0.3) is 0 Å². The molecular formula is C17H31NO2. The Morgan fingerprint density at radius 3 is 2.50 bits per heavy atom. The monoisotopic (exact) mass is 281 g/mol. The minimum absolute atomic E-state index is 0.00567. The Labute approximate surface area is 123 Å². The van der Waals surface area contributed by atoms with Gasteiger partial charge in [0, 0.05) is 5.54 Å². The number of hydrogen-bond donors (Lipinski definition) is 1. The number of esters is 1. The molecule has 0 bridgehead atoms. The van der Waals surface area contributed by atoms with Crippen molar-refractivity contribution in [3.8, 4) is 0 Å². The van der Waals surface area contributed by atoms with Crippen molar-refractivity contribution in [2.24, 2.45) is 5.92 Å². The normalized spacial score (nSPS) is 29.9. The van der Waals surface area contributed by atoms with E-state index in [9.17, 15) is 4.79 Å². The van der Waals surface area contributed by atoms with Crippen molar-refractivity contribution in [3.05, 3.63) is 0 Å². The fourth-order valence-electron chi connectivity index (χ4n) is 4.03. The second-order valence-corrected chi connectivity index (χ2v) is 6.75. The van der Waals surface area contributed by atoms with Gasteiger partial charge in [-0.25, -0.2) is 0 Å². The first-order valence-corrected chi connectivity index (χ1v) is 8.57. The summed E-state index contributed by atoms with van der Waals surface area (Å²) in [6.07, 6.45) is 12.7. The molecule has 3 heteroatoms. The topological polar surface area (TPSA) is 38.3 Å². The predicted octanol–water partition coefficient (Wildman–Crippen LogP) is 3.81. The van der Waals surface area contributed by atoms with E-state index in [-0.39, 0.29) is 17.6 Å². The molecule has 0 heterocycles. The summed E-state index contributed by atoms with van der Waals surface area (Å²) in [4.78, 5) is 12.3. The molecule has 0 aromatic heterocycles. The number of nitrogens with one attached hydrogen (secondary N) is 1. The van der Waals surface area contributed by atoms with E-state index < -0.39 is 0 Å². The number of hydrogen-bond acceptors (Lipinski definition) is 3. The molecule has 20 heavy (non-hydrogen) atoms.